The van der Waals surface area contributed by atoms with Crippen molar-refractivity contribution >= 4 is 11.6 Å². The fraction of sp³-hybridized carbons (Fsp3) is 0.368. The molecule has 1 N–H and O–H groups in total. The van der Waals surface area contributed by atoms with Gasteiger partial charge >= 0.3 is 0 Å². The number of benzene rings is 1. The number of carbonyl (C=O) groups is 1. The van der Waals surface area contributed by atoms with E-state index >= 15 is 0 Å². The minimum absolute atomic E-state index is 0.157. The van der Waals surface area contributed by atoms with Crippen LogP contribution in [-0.2, 0) is 10.2 Å². The summed E-state index contributed by atoms with van der Waals surface area (Å²) >= 11 is 0. The van der Waals surface area contributed by atoms with Crippen LogP contribution in [0.3, 0.4) is 0 Å². The van der Waals surface area contributed by atoms with E-state index in [-0.39, 0.29) is 22.9 Å². The number of hydrogen-bond donors (Lipinski definition) is 1. The van der Waals surface area contributed by atoms with Crippen molar-refractivity contribution < 1.29 is 4.79 Å². The second-order valence-electron chi connectivity index (χ2n) is 6.69. The number of nitrogens with one attached hydrogen (secondary N) is 1. The van der Waals surface area contributed by atoms with Crippen LogP contribution < -0.4 is 10.2 Å². The number of hydrogen-bond acceptors (Lipinski definition) is 3. The molecule has 0 saturated heterocycles. The van der Waals surface area contributed by atoms with Gasteiger partial charge in [-0.3, -0.25) is 4.79 Å². The van der Waals surface area contributed by atoms with E-state index in [0.717, 1.165) is 24.2 Å². The Labute approximate surface area is 137 Å². The number of fused-ring (bicyclic) bond motifs is 1. The van der Waals surface area contributed by atoms with Crippen molar-refractivity contribution in [3.05, 3.63) is 53.3 Å². The summed E-state index contributed by atoms with van der Waals surface area (Å²) in [5.41, 5.74) is 3.49. The summed E-state index contributed by atoms with van der Waals surface area (Å²) in [6.45, 7) is 4.32. The predicted molar refractivity (Wildman–Crippen MR) is 90.8 cm³/mol. The minimum Gasteiger partial charge on any atom is -0.349 e. The van der Waals surface area contributed by atoms with Crippen molar-refractivity contribution in [2.45, 2.75) is 38.1 Å². The highest BCUT2D eigenvalue weighted by Gasteiger charge is 2.37. The molecule has 1 aromatic carbocycles. The van der Waals surface area contributed by atoms with Crippen molar-refractivity contribution in [2.24, 2.45) is 0 Å². The molecule has 1 saturated carbocycles. The van der Waals surface area contributed by atoms with Crippen molar-refractivity contribution in [2.75, 3.05) is 11.9 Å². The minimum atomic E-state index is -0.275. The molecule has 4 nitrogen and oxygen atoms in total. The highest BCUT2D eigenvalue weighted by Crippen LogP contribution is 2.46. The molecule has 0 aromatic heterocycles. The highest BCUT2D eigenvalue weighted by atomic mass is 16.1. The first-order valence-corrected chi connectivity index (χ1v) is 7.92. The molecule has 1 fully saturated rings. The van der Waals surface area contributed by atoms with E-state index in [0.29, 0.717) is 0 Å². The molecule has 0 spiro atoms. The van der Waals surface area contributed by atoms with Gasteiger partial charge in [-0.1, -0.05) is 32.0 Å². The van der Waals surface area contributed by atoms with Crippen LogP contribution in [0.15, 0.2) is 47.7 Å². The SMILES string of the molecule is CN1/C(=C/C=C(\C#N)C(=O)NC2CC2)C(C)(C)c2ccccc21. The number of allylic oxidation sites excluding steroid dienone is 3. The maximum Gasteiger partial charge on any atom is 0.262 e. The topological polar surface area (TPSA) is 56.1 Å². The van der Waals surface area contributed by atoms with Gasteiger partial charge in [0.25, 0.3) is 5.91 Å². The van der Waals surface area contributed by atoms with Gasteiger partial charge < -0.3 is 10.2 Å². The number of rotatable bonds is 3. The van der Waals surface area contributed by atoms with Gasteiger partial charge in [0, 0.05) is 29.9 Å². The molecule has 1 aromatic rings. The van der Waals surface area contributed by atoms with Crippen LogP contribution in [0.25, 0.3) is 0 Å². The van der Waals surface area contributed by atoms with Crippen LogP contribution in [0.5, 0.6) is 0 Å². The summed E-state index contributed by atoms with van der Waals surface area (Å²) in [5, 5.41) is 12.1. The van der Waals surface area contributed by atoms with Crippen LogP contribution in [0.2, 0.25) is 0 Å². The molecule has 3 rings (SSSR count). The first kappa shape index (κ1) is 15.4. The third-order valence-electron chi connectivity index (χ3n) is 4.63. The van der Waals surface area contributed by atoms with Crippen molar-refractivity contribution in [1.82, 2.24) is 5.32 Å². The zero-order valence-electron chi connectivity index (χ0n) is 13.8. The van der Waals surface area contributed by atoms with Gasteiger partial charge in [-0.15, -0.1) is 0 Å². The Kier molecular flexibility index (Phi) is 3.73. The van der Waals surface area contributed by atoms with Crippen molar-refractivity contribution in [3.63, 3.8) is 0 Å². The summed E-state index contributed by atoms with van der Waals surface area (Å²) < 4.78 is 0. The van der Waals surface area contributed by atoms with Gasteiger partial charge in [0.1, 0.15) is 11.6 Å². The molecule has 1 aliphatic carbocycles. The van der Waals surface area contributed by atoms with Crippen LogP contribution in [-0.4, -0.2) is 19.0 Å². The van der Waals surface area contributed by atoms with Gasteiger partial charge in [-0.2, -0.15) is 5.26 Å². The Morgan fingerprint density at radius 1 is 1.39 bits per heavy atom. The third-order valence-corrected chi connectivity index (χ3v) is 4.63. The van der Waals surface area contributed by atoms with Crippen LogP contribution in [0, 0.1) is 11.3 Å². The zero-order chi connectivity index (χ0) is 16.6. The largest absolute Gasteiger partial charge is 0.349 e. The maximum absolute atomic E-state index is 12.0. The van der Waals surface area contributed by atoms with Crippen LogP contribution >= 0.6 is 0 Å². The summed E-state index contributed by atoms with van der Waals surface area (Å²) in [6.07, 6.45) is 5.55. The molecule has 1 amide bonds. The fourth-order valence-corrected chi connectivity index (χ4v) is 3.12. The summed E-state index contributed by atoms with van der Waals surface area (Å²) in [4.78, 5) is 14.2. The number of carbonyl (C=O) groups excluding carboxylic acids is 1. The van der Waals surface area contributed by atoms with E-state index in [2.05, 4.69) is 36.2 Å². The first-order chi connectivity index (χ1) is 10.9. The van der Waals surface area contributed by atoms with Crippen LogP contribution in [0.1, 0.15) is 32.3 Å². The molecule has 2 aliphatic rings. The van der Waals surface area contributed by atoms with E-state index in [9.17, 15) is 10.1 Å². The predicted octanol–water partition coefficient (Wildman–Crippen LogP) is 3.03. The maximum atomic E-state index is 12.0. The lowest BCUT2D eigenvalue weighted by Crippen LogP contribution is -2.26. The number of likely N-dealkylation sites (N-methyl/N-ethyl adjacent to an activating group) is 1. The number of anilines is 1. The summed E-state index contributed by atoms with van der Waals surface area (Å²) in [7, 11) is 2.02. The summed E-state index contributed by atoms with van der Waals surface area (Å²) in [6, 6.07) is 10.5. The molecule has 0 unspecified atom stereocenters. The molecule has 0 bridgehead atoms. The van der Waals surface area contributed by atoms with Gasteiger partial charge in [0.2, 0.25) is 0 Å². The normalized spacial score (nSPS) is 21.0. The zero-order valence-corrected chi connectivity index (χ0v) is 13.8. The van der Waals surface area contributed by atoms with Gasteiger partial charge in [-0.05, 0) is 36.6 Å². The molecule has 0 radical (unpaired) electrons. The lowest BCUT2D eigenvalue weighted by atomic mass is 9.83. The Morgan fingerprint density at radius 2 is 2.09 bits per heavy atom. The standard InChI is InChI=1S/C19H21N3O/c1-19(2)15-6-4-5-7-16(15)22(3)17(19)11-8-13(12-20)18(23)21-14-9-10-14/h4-8,11,14H,9-10H2,1-3H3,(H,21,23)/b13-8+,17-11+. The third kappa shape index (κ3) is 2.75. The summed E-state index contributed by atoms with van der Waals surface area (Å²) in [5.74, 6) is -0.275. The molecule has 1 heterocycles. The lowest BCUT2D eigenvalue weighted by Gasteiger charge is -2.23. The first-order valence-electron chi connectivity index (χ1n) is 7.92. The quantitative estimate of drug-likeness (QED) is 0.690. The average molecular weight is 307 g/mol. The van der Waals surface area contributed by atoms with Crippen LogP contribution in [0.4, 0.5) is 5.69 Å². The lowest BCUT2D eigenvalue weighted by molar-refractivity contribution is -0.117. The van der Waals surface area contributed by atoms with E-state index < -0.39 is 0 Å². The van der Waals surface area contributed by atoms with Gasteiger partial charge in [0.05, 0.1) is 0 Å². The smallest absolute Gasteiger partial charge is 0.262 e. The second-order valence-corrected chi connectivity index (χ2v) is 6.69. The van der Waals surface area contributed by atoms with Gasteiger partial charge in [0.15, 0.2) is 0 Å². The Morgan fingerprint density at radius 3 is 2.70 bits per heavy atom. The van der Waals surface area contributed by atoms with E-state index in [1.165, 1.54) is 5.56 Å². The Hall–Kier alpha value is -2.54. The molecular formula is C19H21N3O. The Bertz CT molecular complexity index is 748. The monoisotopic (exact) mass is 307 g/mol. The molecule has 1 aliphatic heterocycles. The highest BCUT2D eigenvalue weighted by molar-refractivity contribution is 5.97. The second kappa shape index (κ2) is 5.58. The number of nitrogens with zero attached hydrogens (tertiary/aromatic N) is 2. The fourth-order valence-electron chi connectivity index (χ4n) is 3.12. The van der Waals surface area contributed by atoms with Crippen molar-refractivity contribution in [1.29, 1.82) is 5.26 Å². The van der Waals surface area contributed by atoms with E-state index in [4.69, 9.17) is 0 Å². The molecule has 118 valence electrons. The molecule has 4 heteroatoms. The average Bonchev–Trinajstić information content (AvgIpc) is 3.31. The number of amides is 1. The van der Waals surface area contributed by atoms with Gasteiger partial charge in [-0.25, -0.2) is 0 Å². The van der Waals surface area contributed by atoms with Crippen molar-refractivity contribution in [3.8, 4) is 6.07 Å². The number of nitriles is 1. The number of para-hydroxylation sites is 1. The van der Waals surface area contributed by atoms with E-state index in [1.807, 2.05) is 31.3 Å². The Balaban J connectivity index is 1.91. The molecule has 23 heavy (non-hydrogen) atoms. The van der Waals surface area contributed by atoms with E-state index in [1.54, 1.807) is 6.08 Å². The molecule has 0 atom stereocenters. The molecular weight excluding hydrogens is 286 g/mol.